The third kappa shape index (κ3) is 3.40. The van der Waals surface area contributed by atoms with E-state index >= 15 is 0 Å². The SMILES string of the molecule is C[C@@H](CN)NC(=O)C1SCCc2ccccc21.Cl. The molecule has 1 amide bonds. The first-order valence-electron chi connectivity index (χ1n) is 5.92. The molecule has 18 heavy (non-hydrogen) atoms. The summed E-state index contributed by atoms with van der Waals surface area (Å²) in [5.74, 6) is 1.09. The summed E-state index contributed by atoms with van der Waals surface area (Å²) in [6.45, 7) is 2.40. The topological polar surface area (TPSA) is 55.1 Å². The average Bonchev–Trinajstić information content (AvgIpc) is 2.37. The maximum Gasteiger partial charge on any atom is 0.237 e. The highest BCUT2D eigenvalue weighted by atomic mass is 35.5. The van der Waals surface area contributed by atoms with Gasteiger partial charge in [0, 0.05) is 12.6 Å². The summed E-state index contributed by atoms with van der Waals surface area (Å²) in [6, 6.07) is 8.24. The van der Waals surface area contributed by atoms with Crippen LogP contribution in [0.4, 0.5) is 0 Å². The summed E-state index contributed by atoms with van der Waals surface area (Å²) in [6.07, 6.45) is 1.05. The van der Waals surface area contributed by atoms with Gasteiger partial charge >= 0.3 is 0 Å². The lowest BCUT2D eigenvalue weighted by molar-refractivity contribution is -0.121. The minimum atomic E-state index is -0.0750. The van der Waals surface area contributed by atoms with Crippen molar-refractivity contribution in [1.29, 1.82) is 0 Å². The summed E-state index contributed by atoms with van der Waals surface area (Å²) in [5.41, 5.74) is 7.98. The number of rotatable bonds is 3. The van der Waals surface area contributed by atoms with Crippen LogP contribution in [0.3, 0.4) is 0 Å². The fourth-order valence-electron chi connectivity index (χ4n) is 1.99. The van der Waals surface area contributed by atoms with Gasteiger partial charge in [0.05, 0.1) is 0 Å². The van der Waals surface area contributed by atoms with Gasteiger partial charge in [0.25, 0.3) is 0 Å². The Morgan fingerprint density at radius 3 is 3.00 bits per heavy atom. The van der Waals surface area contributed by atoms with Gasteiger partial charge in [-0.25, -0.2) is 0 Å². The Bertz CT molecular complexity index is 414. The molecule has 0 spiro atoms. The first kappa shape index (κ1) is 15.3. The van der Waals surface area contributed by atoms with E-state index in [0.717, 1.165) is 17.7 Å². The van der Waals surface area contributed by atoms with Crippen molar-refractivity contribution >= 4 is 30.1 Å². The molecule has 1 aliphatic heterocycles. The number of amides is 1. The highest BCUT2D eigenvalue weighted by Gasteiger charge is 2.27. The van der Waals surface area contributed by atoms with Gasteiger partial charge in [0.15, 0.2) is 0 Å². The second-order valence-electron chi connectivity index (χ2n) is 4.34. The van der Waals surface area contributed by atoms with Gasteiger partial charge in [-0.05, 0) is 30.2 Å². The lowest BCUT2D eigenvalue weighted by atomic mass is 10.0. The summed E-state index contributed by atoms with van der Waals surface area (Å²) < 4.78 is 0. The van der Waals surface area contributed by atoms with Crippen LogP contribution in [0.2, 0.25) is 0 Å². The van der Waals surface area contributed by atoms with Gasteiger partial charge in [0.2, 0.25) is 5.91 Å². The molecule has 3 N–H and O–H groups in total. The zero-order chi connectivity index (χ0) is 12.3. The maximum absolute atomic E-state index is 12.1. The predicted octanol–water partition coefficient (Wildman–Crippen LogP) is 1.90. The second-order valence-corrected chi connectivity index (χ2v) is 5.56. The number of halogens is 1. The molecule has 5 heteroatoms. The number of hydrogen-bond donors (Lipinski definition) is 2. The van der Waals surface area contributed by atoms with E-state index in [0.29, 0.717) is 6.54 Å². The van der Waals surface area contributed by atoms with Crippen molar-refractivity contribution in [2.75, 3.05) is 12.3 Å². The number of carbonyl (C=O) groups is 1. The molecule has 1 aromatic rings. The fourth-order valence-corrected chi connectivity index (χ4v) is 3.19. The first-order chi connectivity index (χ1) is 8.22. The number of carbonyl (C=O) groups excluding carboxylic acids is 1. The number of nitrogens with one attached hydrogen (secondary N) is 1. The van der Waals surface area contributed by atoms with Crippen molar-refractivity contribution in [3.05, 3.63) is 35.4 Å². The van der Waals surface area contributed by atoms with Crippen LogP contribution in [0.15, 0.2) is 24.3 Å². The average molecular weight is 287 g/mol. The van der Waals surface area contributed by atoms with E-state index in [1.165, 1.54) is 5.56 Å². The number of aryl methyl sites for hydroxylation is 1. The first-order valence-corrected chi connectivity index (χ1v) is 6.97. The zero-order valence-corrected chi connectivity index (χ0v) is 12.0. The van der Waals surface area contributed by atoms with Crippen molar-refractivity contribution in [3.63, 3.8) is 0 Å². The zero-order valence-electron chi connectivity index (χ0n) is 10.4. The second kappa shape index (κ2) is 7.02. The van der Waals surface area contributed by atoms with Crippen LogP contribution in [0, 0.1) is 0 Å². The summed E-state index contributed by atoms with van der Waals surface area (Å²) in [5, 5.41) is 2.88. The molecule has 0 aromatic heterocycles. The van der Waals surface area contributed by atoms with Crippen LogP contribution in [0.25, 0.3) is 0 Å². The van der Waals surface area contributed by atoms with Crippen molar-refractivity contribution in [2.24, 2.45) is 5.73 Å². The van der Waals surface area contributed by atoms with Crippen LogP contribution < -0.4 is 11.1 Å². The molecule has 0 aliphatic carbocycles. The number of fused-ring (bicyclic) bond motifs is 1. The van der Waals surface area contributed by atoms with Gasteiger partial charge in [-0.3, -0.25) is 4.79 Å². The summed E-state index contributed by atoms with van der Waals surface area (Å²) >= 11 is 1.71. The molecule has 1 aromatic carbocycles. The molecule has 1 heterocycles. The number of nitrogens with two attached hydrogens (primary N) is 1. The van der Waals surface area contributed by atoms with Gasteiger partial charge < -0.3 is 11.1 Å². The molecule has 0 radical (unpaired) electrons. The largest absolute Gasteiger partial charge is 0.351 e. The van der Waals surface area contributed by atoms with E-state index in [9.17, 15) is 4.79 Å². The van der Waals surface area contributed by atoms with Crippen LogP contribution in [-0.2, 0) is 11.2 Å². The van der Waals surface area contributed by atoms with E-state index in [4.69, 9.17) is 5.73 Å². The number of hydrogen-bond acceptors (Lipinski definition) is 3. The van der Waals surface area contributed by atoms with Crippen molar-refractivity contribution < 1.29 is 4.79 Å². The molecule has 2 rings (SSSR count). The Hall–Kier alpha value is -0.710. The van der Waals surface area contributed by atoms with Crippen LogP contribution in [0.1, 0.15) is 23.3 Å². The van der Waals surface area contributed by atoms with Gasteiger partial charge in [0.1, 0.15) is 5.25 Å². The molecule has 0 saturated heterocycles. The minimum absolute atomic E-state index is 0. The maximum atomic E-state index is 12.1. The smallest absolute Gasteiger partial charge is 0.237 e. The fraction of sp³-hybridized carbons (Fsp3) is 0.462. The molecule has 2 atom stereocenters. The molecule has 0 saturated carbocycles. The Morgan fingerprint density at radius 1 is 1.56 bits per heavy atom. The Kier molecular flexibility index (Phi) is 5.99. The van der Waals surface area contributed by atoms with Gasteiger partial charge in [-0.15, -0.1) is 24.2 Å². The Balaban J connectivity index is 0.00000162. The summed E-state index contributed by atoms with van der Waals surface area (Å²) in [7, 11) is 0. The quantitative estimate of drug-likeness (QED) is 0.892. The Labute approximate surface area is 118 Å². The highest BCUT2D eigenvalue weighted by Crippen LogP contribution is 2.36. The number of thioether (sulfide) groups is 1. The third-order valence-corrected chi connectivity index (χ3v) is 4.21. The Morgan fingerprint density at radius 2 is 2.28 bits per heavy atom. The molecule has 3 nitrogen and oxygen atoms in total. The molecule has 0 fully saturated rings. The van der Waals surface area contributed by atoms with Crippen LogP contribution >= 0.6 is 24.2 Å². The van der Waals surface area contributed by atoms with Crippen LogP contribution in [-0.4, -0.2) is 24.2 Å². The van der Waals surface area contributed by atoms with E-state index in [1.54, 1.807) is 11.8 Å². The molecular formula is C13H19ClN2OS. The van der Waals surface area contributed by atoms with Gasteiger partial charge in [-0.1, -0.05) is 24.3 Å². The van der Waals surface area contributed by atoms with Crippen molar-refractivity contribution in [2.45, 2.75) is 24.6 Å². The van der Waals surface area contributed by atoms with Crippen LogP contribution in [0.5, 0.6) is 0 Å². The third-order valence-electron chi connectivity index (χ3n) is 2.97. The lowest BCUT2D eigenvalue weighted by Gasteiger charge is -2.25. The van der Waals surface area contributed by atoms with E-state index in [-0.39, 0.29) is 29.6 Å². The normalized spacial score (nSPS) is 19.3. The minimum Gasteiger partial charge on any atom is -0.351 e. The molecular weight excluding hydrogens is 268 g/mol. The number of benzene rings is 1. The molecule has 1 unspecified atom stereocenters. The van der Waals surface area contributed by atoms with Crippen molar-refractivity contribution in [3.8, 4) is 0 Å². The predicted molar refractivity (Wildman–Crippen MR) is 79.3 cm³/mol. The summed E-state index contributed by atoms with van der Waals surface area (Å²) in [4.78, 5) is 12.1. The molecule has 100 valence electrons. The standard InChI is InChI=1S/C13H18N2OS.ClH/c1-9(8-14)15-13(16)12-11-5-3-2-4-10(11)6-7-17-12;/h2-5,9,12H,6-8,14H2,1H3,(H,15,16);1H/t9-,12?;/m0./s1. The monoisotopic (exact) mass is 286 g/mol. The van der Waals surface area contributed by atoms with E-state index in [1.807, 2.05) is 19.1 Å². The van der Waals surface area contributed by atoms with E-state index in [2.05, 4.69) is 17.4 Å². The molecule has 0 bridgehead atoms. The molecule has 1 aliphatic rings. The lowest BCUT2D eigenvalue weighted by Crippen LogP contribution is -2.40. The van der Waals surface area contributed by atoms with Gasteiger partial charge in [-0.2, -0.15) is 0 Å². The highest BCUT2D eigenvalue weighted by molar-refractivity contribution is 8.00. The van der Waals surface area contributed by atoms with E-state index < -0.39 is 0 Å². The van der Waals surface area contributed by atoms with Crippen molar-refractivity contribution in [1.82, 2.24) is 5.32 Å².